The number of carbonyl (C=O) groups excluding carboxylic acids is 1. The van der Waals surface area contributed by atoms with Gasteiger partial charge in [0.15, 0.2) is 0 Å². The van der Waals surface area contributed by atoms with Crippen molar-refractivity contribution in [2.45, 2.75) is 20.8 Å². The second-order valence-electron chi connectivity index (χ2n) is 4.54. The molecule has 1 aromatic carbocycles. The number of ether oxygens (including phenoxy) is 1. The highest BCUT2D eigenvalue weighted by Crippen LogP contribution is 2.25. The van der Waals surface area contributed by atoms with Gasteiger partial charge in [-0.2, -0.15) is 0 Å². The summed E-state index contributed by atoms with van der Waals surface area (Å²) in [6.07, 6.45) is 0. The zero-order valence-electron chi connectivity index (χ0n) is 11.5. The Morgan fingerprint density at radius 3 is 2.47 bits per heavy atom. The van der Waals surface area contributed by atoms with E-state index in [2.05, 4.69) is 33.5 Å². The molecule has 0 fully saturated rings. The number of aromatic nitrogens is 1. The molecule has 100 valence electrons. The van der Waals surface area contributed by atoms with E-state index in [-0.39, 0.29) is 5.97 Å². The standard InChI is InChI=1S/C15H16BrNO2/c1-9-7-12(16)5-6-14(9)17-10(2)8-13(11(17)3)15(18)19-4/h5-8H,1-4H3. The van der Waals surface area contributed by atoms with Gasteiger partial charge in [0, 0.05) is 21.5 Å². The van der Waals surface area contributed by atoms with Crippen LogP contribution in [0.1, 0.15) is 27.3 Å². The van der Waals surface area contributed by atoms with Gasteiger partial charge in [-0.15, -0.1) is 0 Å². The van der Waals surface area contributed by atoms with Gasteiger partial charge in [-0.05, 0) is 50.6 Å². The third-order valence-corrected chi connectivity index (χ3v) is 3.73. The van der Waals surface area contributed by atoms with Crippen LogP contribution in [0.4, 0.5) is 0 Å². The monoisotopic (exact) mass is 321 g/mol. The quantitative estimate of drug-likeness (QED) is 0.784. The van der Waals surface area contributed by atoms with Gasteiger partial charge >= 0.3 is 5.97 Å². The van der Waals surface area contributed by atoms with Crippen LogP contribution in [0.3, 0.4) is 0 Å². The summed E-state index contributed by atoms with van der Waals surface area (Å²) in [5, 5.41) is 0. The zero-order chi connectivity index (χ0) is 14.2. The molecule has 0 amide bonds. The maximum Gasteiger partial charge on any atom is 0.339 e. The summed E-state index contributed by atoms with van der Waals surface area (Å²) in [5.74, 6) is -0.297. The number of methoxy groups -OCH3 is 1. The Hall–Kier alpha value is -1.55. The number of aryl methyl sites for hydroxylation is 2. The SMILES string of the molecule is COC(=O)c1cc(C)n(-c2ccc(Br)cc2C)c1C. The van der Waals surface area contributed by atoms with E-state index in [0.717, 1.165) is 27.1 Å². The molecule has 0 spiro atoms. The maximum absolute atomic E-state index is 11.7. The molecule has 1 aromatic heterocycles. The molecule has 0 aliphatic rings. The first kappa shape index (κ1) is 13.9. The number of carbonyl (C=O) groups is 1. The molecule has 0 aliphatic heterocycles. The fourth-order valence-electron chi connectivity index (χ4n) is 2.32. The van der Waals surface area contributed by atoms with Crippen molar-refractivity contribution in [3.63, 3.8) is 0 Å². The minimum atomic E-state index is -0.297. The largest absolute Gasteiger partial charge is 0.465 e. The number of hydrogen-bond donors (Lipinski definition) is 0. The zero-order valence-corrected chi connectivity index (χ0v) is 13.0. The highest BCUT2D eigenvalue weighted by atomic mass is 79.9. The summed E-state index contributed by atoms with van der Waals surface area (Å²) in [7, 11) is 1.40. The second-order valence-corrected chi connectivity index (χ2v) is 5.46. The lowest BCUT2D eigenvalue weighted by Crippen LogP contribution is -2.05. The number of hydrogen-bond acceptors (Lipinski definition) is 2. The van der Waals surface area contributed by atoms with Crippen molar-refractivity contribution in [1.82, 2.24) is 4.57 Å². The fourth-order valence-corrected chi connectivity index (χ4v) is 2.80. The van der Waals surface area contributed by atoms with Gasteiger partial charge in [0.05, 0.1) is 12.7 Å². The lowest BCUT2D eigenvalue weighted by Gasteiger charge is -2.13. The van der Waals surface area contributed by atoms with Crippen LogP contribution in [-0.4, -0.2) is 17.6 Å². The third-order valence-electron chi connectivity index (χ3n) is 3.24. The summed E-state index contributed by atoms with van der Waals surface area (Å²) in [5.41, 5.74) is 4.75. The summed E-state index contributed by atoms with van der Waals surface area (Å²) in [6.45, 7) is 5.97. The first-order chi connectivity index (χ1) is 8.95. The molecule has 0 atom stereocenters. The van der Waals surface area contributed by atoms with Crippen molar-refractivity contribution in [3.8, 4) is 5.69 Å². The van der Waals surface area contributed by atoms with Crippen molar-refractivity contribution in [1.29, 1.82) is 0 Å². The van der Waals surface area contributed by atoms with E-state index in [1.54, 1.807) is 0 Å². The van der Waals surface area contributed by atoms with E-state index in [9.17, 15) is 4.79 Å². The minimum Gasteiger partial charge on any atom is -0.465 e. The van der Waals surface area contributed by atoms with Crippen molar-refractivity contribution in [2.24, 2.45) is 0 Å². The molecule has 0 saturated carbocycles. The normalized spacial score (nSPS) is 10.6. The Morgan fingerprint density at radius 1 is 1.21 bits per heavy atom. The number of nitrogens with zero attached hydrogens (tertiary/aromatic N) is 1. The van der Waals surface area contributed by atoms with E-state index in [1.807, 2.05) is 32.0 Å². The molecule has 4 heteroatoms. The topological polar surface area (TPSA) is 31.2 Å². The number of halogens is 1. The van der Waals surface area contributed by atoms with E-state index < -0.39 is 0 Å². The molecule has 19 heavy (non-hydrogen) atoms. The molecule has 0 radical (unpaired) electrons. The number of benzene rings is 1. The van der Waals surface area contributed by atoms with Crippen molar-refractivity contribution in [3.05, 3.63) is 51.3 Å². The van der Waals surface area contributed by atoms with Gasteiger partial charge in [-0.25, -0.2) is 4.79 Å². The van der Waals surface area contributed by atoms with Crippen LogP contribution in [0.15, 0.2) is 28.7 Å². The van der Waals surface area contributed by atoms with Crippen molar-refractivity contribution < 1.29 is 9.53 Å². The fraction of sp³-hybridized carbons (Fsp3) is 0.267. The number of rotatable bonds is 2. The molecular formula is C15H16BrNO2. The molecule has 0 saturated heterocycles. The van der Waals surface area contributed by atoms with Crippen LogP contribution in [-0.2, 0) is 4.74 Å². The molecule has 0 unspecified atom stereocenters. The predicted octanol–water partition coefficient (Wildman–Crippen LogP) is 3.95. The summed E-state index contributed by atoms with van der Waals surface area (Å²) >= 11 is 3.46. The first-order valence-electron chi connectivity index (χ1n) is 5.99. The Labute approximate surface area is 121 Å². The average Bonchev–Trinajstić information content (AvgIpc) is 2.65. The smallest absolute Gasteiger partial charge is 0.339 e. The summed E-state index contributed by atoms with van der Waals surface area (Å²) in [6, 6.07) is 7.97. The third kappa shape index (κ3) is 2.45. The second kappa shape index (κ2) is 5.21. The highest BCUT2D eigenvalue weighted by Gasteiger charge is 2.17. The molecular weight excluding hydrogens is 306 g/mol. The summed E-state index contributed by atoms with van der Waals surface area (Å²) < 4.78 is 7.93. The molecule has 3 nitrogen and oxygen atoms in total. The van der Waals surface area contributed by atoms with Crippen molar-refractivity contribution in [2.75, 3.05) is 7.11 Å². The van der Waals surface area contributed by atoms with E-state index in [0.29, 0.717) is 5.56 Å². The van der Waals surface area contributed by atoms with Crippen LogP contribution in [0.5, 0.6) is 0 Å². The van der Waals surface area contributed by atoms with Crippen LogP contribution in [0.2, 0.25) is 0 Å². The van der Waals surface area contributed by atoms with Crippen LogP contribution in [0.25, 0.3) is 5.69 Å². The predicted molar refractivity (Wildman–Crippen MR) is 79.0 cm³/mol. The Kier molecular flexibility index (Phi) is 3.80. The lowest BCUT2D eigenvalue weighted by atomic mass is 10.2. The Balaban J connectivity index is 2.63. The first-order valence-corrected chi connectivity index (χ1v) is 6.78. The van der Waals surface area contributed by atoms with Crippen LogP contribution in [0, 0.1) is 20.8 Å². The maximum atomic E-state index is 11.7. The van der Waals surface area contributed by atoms with E-state index in [1.165, 1.54) is 7.11 Å². The van der Waals surface area contributed by atoms with E-state index >= 15 is 0 Å². The van der Waals surface area contributed by atoms with Gasteiger partial charge < -0.3 is 9.30 Å². The molecule has 0 N–H and O–H groups in total. The van der Waals surface area contributed by atoms with Gasteiger partial charge in [0.25, 0.3) is 0 Å². The van der Waals surface area contributed by atoms with Crippen LogP contribution >= 0.6 is 15.9 Å². The van der Waals surface area contributed by atoms with Crippen LogP contribution < -0.4 is 0 Å². The molecule has 2 aromatic rings. The van der Waals surface area contributed by atoms with E-state index in [4.69, 9.17) is 4.74 Å². The molecule has 0 aliphatic carbocycles. The van der Waals surface area contributed by atoms with Gasteiger partial charge in [-0.3, -0.25) is 0 Å². The Morgan fingerprint density at radius 2 is 1.89 bits per heavy atom. The van der Waals surface area contributed by atoms with Gasteiger partial charge in [0.1, 0.15) is 0 Å². The van der Waals surface area contributed by atoms with Crippen molar-refractivity contribution >= 4 is 21.9 Å². The lowest BCUT2D eigenvalue weighted by molar-refractivity contribution is 0.0600. The van der Waals surface area contributed by atoms with Gasteiger partial charge in [-0.1, -0.05) is 15.9 Å². The minimum absolute atomic E-state index is 0.297. The highest BCUT2D eigenvalue weighted by molar-refractivity contribution is 9.10. The summed E-state index contributed by atoms with van der Waals surface area (Å²) in [4.78, 5) is 11.7. The molecule has 0 bridgehead atoms. The Bertz CT molecular complexity index is 644. The molecule has 2 rings (SSSR count). The molecule has 1 heterocycles. The average molecular weight is 322 g/mol. The van der Waals surface area contributed by atoms with Gasteiger partial charge in [0.2, 0.25) is 0 Å². The number of esters is 1.